The Kier molecular flexibility index (Phi) is 42.8. The second kappa shape index (κ2) is 44.1. The Morgan fingerprint density at radius 3 is 0.881 bits per heavy atom. The van der Waals surface area contributed by atoms with Crippen molar-refractivity contribution in [1.29, 1.82) is 0 Å². The summed E-state index contributed by atoms with van der Waals surface area (Å²) in [5.41, 5.74) is 2.42. The first kappa shape index (κ1) is 65.1. The van der Waals surface area contributed by atoms with Crippen molar-refractivity contribution in [3.8, 4) is 0 Å². The fourth-order valence-corrected chi connectivity index (χ4v) is 10.3. The first-order valence-corrected chi connectivity index (χ1v) is 30.4. The summed E-state index contributed by atoms with van der Waals surface area (Å²) in [5.74, 6) is 0. The summed E-state index contributed by atoms with van der Waals surface area (Å²) >= 11 is -1.36. The first-order valence-electron chi connectivity index (χ1n) is 25.8. The molecule has 3 aromatic rings. The van der Waals surface area contributed by atoms with Crippen molar-refractivity contribution in [1.82, 2.24) is 0 Å². The minimum absolute atomic E-state index is 0.0610. The Balaban J connectivity index is 0.000000957. The van der Waals surface area contributed by atoms with Crippen molar-refractivity contribution in [2.45, 2.75) is 247 Å². The molecule has 1 atom stereocenters. The fraction of sp³-hybridized carbons (Fsp3) is 0.667. The Bertz CT molecular complexity index is 1780. The zero-order chi connectivity index (χ0) is 49.9. The number of unbranched alkanes of at least 4 members (excludes halogenated alkanes) is 27. The van der Waals surface area contributed by atoms with E-state index in [1.54, 1.807) is 36.4 Å². The van der Waals surface area contributed by atoms with Crippen molar-refractivity contribution in [2.24, 2.45) is 0 Å². The predicted octanol–water partition coefficient (Wildman–Crippen LogP) is 16.1. The summed E-state index contributed by atoms with van der Waals surface area (Å²) in [7, 11) is -8.19. The van der Waals surface area contributed by atoms with Crippen molar-refractivity contribution in [3.63, 3.8) is 0 Å². The van der Waals surface area contributed by atoms with Crippen molar-refractivity contribution >= 4 is 31.3 Å². The molecule has 3 rings (SSSR count). The van der Waals surface area contributed by atoms with E-state index in [0.29, 0.717) is 17.7 Å². The van der Waals surface area contributed by atoms with Gasteiger partial charge in [0.05, 0.1) is 9.79 Å². The van der Waals surface area contributed by atoms with Gasteiger partial charge in [0.15, 0.2) is 0 Å². The first-order chi connectivity index (χ1) is 32.4. The monoisotopic (exact) mass is 1030 g/mol. The van der Waals surface area contributed by atoms with Crippen LogP contribution in [0.2, 0.25) is 0 Å². The van der Waals surface area contributed by atoms with Gasteiger partial charge in [-0.1, -0.05) is 249 Å². The van der Waals surface area contributed by atoms with Gasteiger partial charge in [-0.05, 0) is 84.5 Å². The summed E-state index contributed by atoms with van der Waals surface area (Å²) in [4.78, 5) is 0.588. The van der Waals surface area contributed by atoms with E-state index < -0.39 is 31.3 Å². The van der Waals surface area contributed by atoms with Gasteiger partial charge >= 0.3 is 23.7 Å². The van der Waals surface area contributed by atoms with Crippen molar-refractivity contribution in [2.75, 3.05) is 0 Å². The molecule has 0 bridgehead atoms. The van der Waals surface area contributed by atoms with Gasteiger partial charge in [0.25, 0.3) is 20.2 Å². The van der Waals surface area contributed by atoms with E-state index in [4.69, 9.17) is 3.32 Å². The van der Waals surface area contributed by atoms with Crippen LogP contribution in [0.15, 0.2) is 87.5 Å². The van der Waals surface area contributed by atoms with Crippen LogP contribution in [0.5, 0.6) is 0 Å². The van der Waals surface area contributed by atoms with Gasteiger partial charge in [-0.15, -0.1) is 0 Å². The van der Waals surface area contributed by atoms with Crippen molar-refractivity contribution in [3.05, 3.63) is 89.5 Å². The van der Waals surface area contributed by atoms with Crippen LogP contribution in [0, 0.1) is 0 Å². The topological polar surface area (TPSA) is 166 Å². The molecule has 0 saturated carbocycles. The molecule has 0 aliphatic heterocycles. The zero-order valence-electron chi connectivity index (χ0n) is 41.7. The van der Waals surface area contributed by atoms with E-state index in [1.165, 1.54) is 173 Å². The molecule has 1 unspecified atom stereocenters. The summed E-state index contributed by atoms with van der Waals surface area (Å²) in [6.45, 7) is 6.72. The van der Waals surface area contributed by atoms with Gasteiger partial charge < -0.3 is 4.55 Å². The summed E-state index contributed by atoms with van der Waals surface area (Å²) in [6.07, 6.45) is 40.6. The zero-order valence-corrected chi connectivity index (χ0v) is 45.8. The molecule has 0 heterocycles. The number of benzene rings is 3. The molecule has 2 N–H and O–H groups in total. The maximum atomic E-state index is 11.3. The van der Waals surface area contributed by atoms with Gasteiger partial charge in [0, 0.05) is 4.90 Å². The van der Waals surface area contributed by atoms with Gasteiger partial charge in [-0.2, -0.15) is 16.8 Å². The third kappa shape index (κ3) is 35.8. The van der Waals surface area contributed by atoms with Crippen LogP contribution in [0.4, 0.5) is 0 Å². The molecule has 0 fully saturated rings. The molecule has 0 aliphatic carbocycles. The SMILES string of the molecule is CCCCCCCCCCCCc1ccccc1S(=O)(=O)O.CCCCCCCCCCCCc1ccccc1S(=O)(=O)O.CCCCCCCCCCCCc1ccccc1S(=O)[O-].[O]=[Ti+]. The van der Waals surface area contributed by atoms with Gasteiger partial charge in [-0.25, -0.2) is 0 Å². The number of hydrogen-bond donors (Lipinski definition) is 2. The van der Waals surface area contributed by atoms with E-state index in [0.717, 1.165) is 75.6 Å². The van der Waals surface area contributed by atoms with Crippen molar-refractivity contribution < 1.29 is 58.4 Å². The summed E-state index contributed by atoms with van der Waals surface area (Å²) in [6, 6.07) is 20.8. The molecule has 13 heteroatoms. The van der Waals surface area contributed by atoms with E-state index in [1.807, 2.05) is 24.3 Å². The number of aryl methyl sites for hydroxylation is 3. The predicted molar refractivity (Wildman–Crippen MR) is 273 cm³/mol. The molecule has 3 aromatic carbocycles. The second-order valence-electron chi connectivity index (χ2n) is 17.8. The minimum atomic E-state index is -4.10. The molecular formula is C54H89O9S3Ti. The molecule has 0 saturated heterocycles. The molecule has 0 aliphatic rings. The molecule has 9 nitrogen and oxygen atoms in total. The molecule has 381 valence electrons. The maximum absolute atomic E-state index is 11.3. The molecule has 0 spiro atoms. The van der Waals surface area contributed by atoms with Crippen LogP contribution in [-0.2, 0) is 74.3 Å². The van der Waals surface area contributed by atoms with Gasteiger partial charge in [-0.3, -0.25) is 13.3 Å². The normalized spacial score (nSPS) is 11.7. The molecular weight excluding hydrogens is 937 g/mol. The van der Waals surface area contributed by atoms with E-state index in [2.05, 4.69) is 20.8 Å². The van der Waals surface area contributed by atoms with E-state index in [-0.39, 0.29) is 9.79 Å². The van der Waals surface area contributed by atoms with Crippen LogP contribution < -0.4 is 0 Å². The Labute approximate surface area is 423 Å². The van der Waals surface area contributed by atoms with E-state index >= 15 is 0 Å². The Morgan fingerprint density at radius 1 is 0.388 bits per heavy atom. The molecule has 67 heavy (non-hydrogen) atoms. The molecule has 0 amide bonds. The Hall–Kier alpha value is -1.90. The van der Waals surface area contributed by atoms with E-state index in [9.17, 15) is 34.7 Å². The quantitative estimate of drug-likeness (QED) is 0.0249. The number of hydrogen-bond acceptors (Lipinski definition) is 7. The number of rotatable bonds is 36. The molecule has 0 radical (unpaired) electrons. The van der Waals surface area contributed by atoms with Crippen LogP contribution in [-0.4, -0.2) is 34.7 Å². The second-order valence-corrected chi connectivity index (χ2v) is 21.5. The Morgan fingerprint density at radius 2 is 0.612 bits per heavy atom. The standard InChI is InChI=1S/2C18H30O3S.C18H30O2S.O.Ti/c2*1-2-3-4-5-6-7-8-9-10-11-14-17-15-12-13-16-18(17)22(19,20)21;1-2-3-4-5-6-7-8-9-10-11-14-17-15-12-13-16-18(17)21(19)20;;/h2*12-13,15-16H,2-11,14H2,1H3,(H,19,20,21);12-13,15-16H,2-11,14H2,1H3,(H,19,20);;/q;;;;+1/p-1. The van der Waals surface area contributed by atoms with Crippen LogP contribution in [0.25, 0.3) is 0 Å². The van der Waals surface area contributed by atoms with Gasteiger partial charge in [0.1, 0.15) is 0 Å². The van der Waals surface area contributed by atoms with Gasteiger partial charge in [0.2, 0.25) is 0 Å². The van der Waals surface area contributed by atoms with Crippen LogP contribution >= 0.6 is 0 Å². The molecule has 0 aromatic heterocycles. The third-order valence-electron chi connectivity index (χ3n) is 12.1. The summed E-state index contributed by atoms with van der Waals surface area (Å²) in [5, 5.41) is 0. The third-order valence-corrected chi connectivity index (χ3v) is 14.7. The average Bonchev–Trinajstić information content (AvgIpc) is 3.31. The van der Waals surface area contributed by atoms with Crippen LogP contribution in [0.3, 0.4) is 0 Å². The fourth-order valence-electron chi connectivity index (χ4n) is 8.21. The van der Waals surface area contributed by atoms with Crippen LogP contribution in [0.1, 0.15) is 230 Å². The average molecular weight is 1030 g/mol. The summed E-state index contributed by atoms with van der Waals surface area (Å²) < 4.78 is 94.0.